The Hall–Kier alpha value is -4.23. The highest BCUT2D eigenvalue weighted by Crippen LogP contribution is 2.29. The van der Waals surface area contributed by atoms with Crippen molar-refractivity contribution in [3.05, 3.63) is 107 Å². The van der Waals surface area contributed by atoms with Crippen molar-refractivity contribution >= 4 is 33.4 Å². The molecule has 0 bridgehead atoms. The lowest BCUT2D eigenvalue weighted by atomic mass is 10.1. The van der Waals surface area contributed by atoms with Crippen LogP contribution in [0.2, 0.25) is 0 Å². The van der Waals surface area contributed by atoms with Crippen LogP contribution in [0, 0.1) is 0 Å². The minimum Gasteiger partial charge on any atom is -0.377 e. The van der Waals surface area contributed by atoms with E-state index in [9.17, 15) is 9.59 Å². The Kier molecular flexibility index (Phi) is 7.14. The van der Waals surface area contributed by atoms with Crippen molar-refractivity contribution in [1.82, 2.24) is 14.3 Å². The van der Waals surface area contributed by atoms with Gasteiger partial charge in [-0.1, -0.05) is 66.7 Å². The number of aryl methyl sites for hydroxylation is 2. The van der Waals surface area contributed by atoms with Crippen LogP contribution in [-0.4, -0.2) is 33.4 Å². The molecule has 3 aromatic carbocycles. The molecule has 0 unspecified atom stereocenters. The first kappa shape index (κ1) is 24.5. The zero-order valence-electron chi connectivity index (χ0n) is 21.1. The minimum atomic E-state index is -0.232. The summed E-state index contributed by atoms with van der Waals surface area (Å²) >= 11 is 0. The van der Waals surface area contributed by atoms with Gasteiger partial charge in [0.2, 0.25) is 0 Å². The van der Waals surface area contributed by atoms with Crippen molar-refractivity contribution in [2.24, 2.45) is 7.05 Å². The third kappa shape index (κ3) is 4.78. The van der Waals surface area contributed by atoms with Gasteiger partial charge in [-0.25, -0.2) is 4.68 Å². The molecule has 2 aromatic heterocycles. The standard InChI is InChI=1S/C30H30N4O3/c1-3-33(23-15-8-5-9-16-23)29(35)27-26-24-17-10-11-18-25(24)32(2)28(26)30(36)34(31-27)19-12-20-37-21-22-13-6-4-7-14-22/h4-11,13-18H,3,12,19-21H2,1-2H3. The minimum absolute atomic E-state index is 0.212. The van der Waals surface area contributed by atoms with E-state index in [1.807, 2.05) is 103 Å². The molecular formula is C30H30N4O3. The number of rotatable bonds is 9. The Morgan fingerprint density at radius 1 is 0.946 bits per heavy atom. The molecule has 7 nitrogen and oxygen atoms in total. The number of hydrogen-bond donors (Lipinski definition) is 0. The third-order valence-electron chi connectivity index (χ3n) is 6.60. The highest BCUT2D eigenvalue weighted by molar-refractivity contribution is 6.20. The summed E-state index contributed by atoms with van der Waals surface area (Å²) in [5, 5.41) is 6.10. The largest absolute Gasteiger partial charge is 0.377 e. The van der Waals surface area contributed by atoms with Crippen LogP contribution in [-0.2, 0) is 24.9 Å². The maximum Gasteiger partial charge on any atom is 0.291 e. The first-order chi connectivity index (χ1) is 18.1. The summed E-state index contributed by atoms with van der Waals surface area (Å²) in [4.78, 5) is 29.3. The van der Waals surface area contributed by atoms with Crippen molar-refractivity contribution in [3.8, 4) is 0 Å². The molecule has 2 heterocycles. The number of ether oxygens (including phenoxy) is 1. The molecule has 0 fully saturated rings. The normalized spacial score (nSPS) is 11.3. The average molecular weight is 495 g/mol. The maximum atomic E-state index is 14.0. The SMILES string of the molecule is CCN(C(=O)c1nn(CCCOCc2ccccc2)c(=O)c2c1c1ccccc1n2C)c1ccccc1. The molecule has 37 heavy (non-hydrogen) atoms. The monoisotopic (exact) mass is 494 g/mol. The van der Waals surface area contributed by atoms with Gasteiger partial charge in [0.25, 0.3) is 11.5 Å². The van der Waals surface area contributed by atoms with Gasteiger partial charge in [0.1, 0.15) is 5.52 Å². The summed E-state index contributed by atoms with van der Waals surface area (Å²) in [6.45, 7) is 3.75. The molecule has 0 atom stereocenters. The number of aromatic nitrogens is 3. The fraction of sp³-hybridized carbons (Fsp3) is 0.233. The first-order valence-corrected chi connectivity index (χ1v) is 12.6. The molecule has 0 saturated carbocycles. The number of carbonyl (C=O) groups excluding carboxylic acids is 1. The van der Waals surface area contributed by atoms with Crippen LogP contribution in [0.1, 0.15) is 29.4 Å². The molecule has 7 heteroatoms. The van der Waals surface area contributed by atoms with Crippen LogP contribution in [0.3, 0.4) is 0 Å². The summed E-state index contributed by atoms with van der Waals surface area (Å²) in [6.07, 6.45) is 0.596. The van der Waals surface area contributed by atoms with Crippen molar-refractivity contribution in [3.63, 3.8) is 0 Å². The zero-order chi connectivity index (χ0) is 25.8. The molecule has 0 spiro atoms. The molecule has 0 aliphatic carbocycles. The molecule has 5 aromatic rings. The predicted molar refractivity (Wildman–Crippen MR) is 147 cm³/mol. The Bertz CT molecular complexity index is 1590. The summed E-state index contributed by atoms with van der Waals surface area (Å²) in [5.41, 5.74) is 3.32. The van der Waals surface area contributed by atoms with E-state index in [4.69, 9.17) is 4.74 Å². The van der Waals surface area contributed by atoms with Gasteiger partial charge >= 0.3 is 0 Å². The second kappa shape index (κ2) is 10.8. The molecule has 0 aliphatic heterocycles. The maximum absolute atomic E-state index is 14.0. The van der Waals surface area contributed by atoms with E-state index in [0.29, 0.717) is 43.6 Å². The number of anilines is 1. The smallest absolute Gasteiger partial charge is 0.291 e. The van der Waals surface area contributed by atoms with E-state index in [1.54, 1.807) is 4.90 Å². The average Bonchev–Trinajstić information content (AvgIpc) is 3.24. The number of fused-ring (bicyclic) bond motifs is 3. The van der Waals surface area contributed by atoms with Gasteiger partial charge in [0.05, 0.1) is 6.61 Å². The molecule has 188 valence electrons. The number of amides is 1. The van der Waals surface area contributed by atoms with Gasteiger partial charge in [-0.3, -0.25) is 9.59 Å². The number of para-hydroxylation sites is 2. The molecular weight excluding hydrogens is 464 g/mol. The van der Waals surface area contributed by atoms with Gasteiger partial charge in [-0.2, -0.15) is 5.10 Å². The number of benzene rings is 3. The fourth-order valence-electron chi connectivity index (χ4n) is 4.78. The van der Waals surface area contributed by atoms with Crippen molar-refractivity contribution < 1.29 is 9.53 Å². The van der Waals surface area contributed by atoms with Gasteiger partial charge < -0.3 is 14.2 Å². The van der Waals surface area contributed by atoms with E-state index in [0.717, 1.165) is 22.2 Å². The second-order valence-corrected chi connectivity index (χ2v) is 8.95. The van der Waals surface area contributed by atoms with Gasteiger partial charge in [0, 0.05) is 48.7 Å². The highest BCUT2D eigenvalue weighted by atomic mass is 16.5. The molecule has 5 rings (SSSR count). The van der Waals surface area contributed by atoms with Gasteiger partial charge in [-0.05, 0) is 37.1 Å². The predicted octanol–water partition coefficient (Wildman–Crippen LogP) is 5.16. The van der Waals surface area contributed by atoms with Crippen LogP contribution in [0.4, 0.5) is 5.69 Å². The molecule has 0 N–H and O–H groups in total. The number of carbonyl (C=O) groups is 1. The van der Waals surface area contributed by atoms with E-state index >= 15 is 0 Å². The molecule has 1 amide bonds. The fourth-order valence-corrected chi connectivity index (χ4v) is 4.78. The van der Waals surface area contributed by atoms with Crippen molar-refractivity contribution in [1.29, 1.82) is 0 Å². The van der Waals surface area contributed by atoms with Crippen molar-refractivity contribution in [2.75, 3.05) is 18.1 Å². The lowest BCUT2D eigenvalue weighted by molar-refractivity contribution is 0.0982. The van der Waals surface area contributed by atoms with Gasteiger partial charge in [0.15, 0.2) is 5.69 Å². The van der Waals surface area contributed by atoms with Crippen molar-refractivity contribution in [2.45, 2.75) is 26.5 Å². The summed E-state index contributed by atoms with van der Waals surface area (Å²) in [5.74, 6) is -0.232. The van der Waals surface area contributed by atoms with E-state index in [2.05, 4.69) is 5.10 Å². The number of nitrogens with zero attached hydrogens (tertiary/aromatic N) is 4. The lowest BCUT2D eigenvalue weighted by Crippen LogP contribution is -2.34. The summed E-state index contributed by atoms with van der Waals surface area (Å²) in [6, 6.07) is 27.3. The lowest BCUT2D eigenvalue weighted by Gasteiger charge is -2.21. The first-order valence-electron chi connectivity index (χ1n) is 12.6. The molecule has 0 radical (unpaired) electrons. The molecule has 0 aliphatic rings. The van der Waals surface area contributed by atoms with E-state index in [1.165, 1.54) is 4.68 Å². The zero-order valence-corrected chi connectivity index (χ0v) is 21.1. The highest BCUT2D eigenvalue weighted by Gasteiger charge is 2.26. The van der Waals surface area contributed by atoms with Crippen LogP contribution >= 0.6 is 0 Å². The second-order valence-electron chi connectivity index (χ2n) is 8.95. The Labute approximate surface area is 215 Å². The summed E-state index contributed by atoms with van der Waals surface area (Å²) < 4.78 is 9.09. The topological polar surface area (TPSA) is 69.4 Å². The Balaban J connectivity index is 1.52. The molecule has 0 saturated heterocycles. The Morgan fingerprint density at radius 3 is 2.35 bits per heavy atom. The van der Waals surface area contributed by atoms with Crippen LogP contribution in [0.15, 0.2) is 89.7 Å². The van der Waals surface area contributed by atoms with Crippen LogP contribution in [0.5, 0.6) is 0 Å². The van der Waals surface area contributed by atoms with Crippen LogP contribution < -0.4 is 10.5 Å². The Morgan fingerprint density at radius 2 is 1.62 bits per heavy atom. The van der Waals surface area contributed by atoms with Gasteiger partial charge in [-0.15, -0.1) is 0 Å². The van der Waals surface area contributed by atoms with E-state index in [-0.39, 0.29) is 17.2 Å². The van der Waals surface area contributed by atoms with Crippen LogP contribution in [0.25, 0.3) is 21.8 Å². The quantitative estimate of drug-likeness (QED) is 0.265. The summed E-state index contributed by atoms with van der Waals surface area (Å²) in [7, 11) is 1.86. The number of hydrogen-bond acceptors (Lipinski definition) is 4. The third-order valence-corrected chi connectivity index (χ3v) is 6.60. The van der Waals surface area contributed by atoms with E-state index < -0.39 is 0 Å².